The predicted molar refractivity (Wildman–Crippen MR) is 99.0 cm³/mol. The smallest absolute Gasteiger partial charge is 0.325 e. The number of rotatable bonds is 6. The first-order valence-corrected chi connectivity index (χ1v) is 8.44. The molecule has 0 atom stereocenters. The molecule has 0 bridgehead atoms. The molecule has 1 N–H and O–H groups in total. The van der Waals surface area contributed by atoms with Crippen LogP contribution in [-0.4, -0.2) is 35.1 Å². The highest BCUT2D eigenvalue weighted by atomic mass is 16.5. The van der Waals surface area contributed by atoms with Crippen LogP contribution in [0.25, 0.3) is 11.0 Å². The normalized spacial score (nSPS) is 10.7. The van der Waals surface area contributed by atoms with Crippen molar-refractivity contribution in [2.24, 2.45) is 0 Å². The largest absolute Gasteiger partial charge is 0.468 e. The lowest BCUT2D eigenvalue weighted by Gasteiger charge is -2.09. The monoisotopic (exact) mass is 351 g/mol. The lowest BCUT2D eigenvalue weighted by Crippen LogP contribution is -2.27. The highest BCUT2D eigenvalue weighted by molar-refractivity contribution is 5.94. The first kappa shape index (κ1) is 17.7. The minimum absolute atomic E-state index is 0.0954. The molecular weight excluding hydrogens is 330 g/mol. The summed E-state index contributed by atoms with van der Waals surface area (Å²) in [4.78, 5) is 28.6. The van der Waals surface area contributed by atoms with Crippen molar-refractivity contribution in [1.29, 1.82) is 0 Å². The van der Waals surface area contributed by atoms with Crippen LogP contribution in [0.4, 0.5) is 0 Å². The van der Waals surface area contributed by atoms with Gasteiger partial charge in [-0.15, -0.1) is 0 Å². The topological polar surface area (TPSA) is 73.2 Å². The molecule has 134 valence electrons. The summed E-state index contributed by atoms with van der Waals surface area (Å²) < 4.78 is 6.62. The second-order valence-electron chi connectivity index (χ2n) is 6.05. The lowest BCUT2D eigenvalue weighted by atomic mass is 10.1. The first-order chi connectivity index (χ1) is 12.6. The van der Waals surface area contributed by atoms with Crippen LogP contribution in [0.15, 0.2) is 48.5 Å². The zero-order valence-corrected chi connectivity index (χ0v) is 14.9. The van der Waals surface area contributed by atoms with Crippen molar-refractivity contribution in [3.63, 3.8) is 0 Å². The van der Waals surface area contributed by atoms with E-state index in [0.29, 0.717) is 18.5 Å². The molecule has 0 aliphatic carbocycles. The fraction of sp³-hybridized carbons (Fsp3) is 0.250. The lowest BCUT2D eigenvalue weighted by molar-refractivity contribution is -0.141. The number of nitrogens with one attached hydrogen (secondary N) is 1. The van der Waals surface area contributed by atoms with Crippen LogP contribution >= 0.6 is 0 Å². The Morgan fingerprint density at radius 3 is 2.73 bits per heavy atom. The predicted octanol–water partition coefficient (Wildman–Crippen LogP) is 2.49. The number of esters is 1. The highest BCUT2D eigenvalue weighted by Crippen LogP contribution is 2.16. The number of imidazole rings is 1. The number of amides is 1. The van der Waals surface area contributed by atoms with Crippen molar-refractivity contribution >= 4 is 22.9 Å². The number of methoxy groups -OCH3 is 1. The van der Waals surface area contributed by atoms with Crippen LogP contribution in [0.2, 0.25) is 0 Å². The number of carbonyl (C=O) groups is 2. The van der Waals surface area contributed by atoms with Gasteiger partial charge in [-0.3, -0.25) is 9.59 Å². The van der Waals surface area contributed by atoms with Crippen LogP contribution in [0, 0.1) is 6.92 Å². The van der Waals surface area contributed by atoms with Gasteiger partial charge in [-0.25, -0.2) is 4.98 Å². The van der Waals surface area contributed by atoms with E-state index in [1.54, 1.807) is 6.07 Å². The van der Waals surface area contributed by atoms with E-state index >= 15 is 0 Å². The maximum absolute atomic E-state index is 12.3. The molecule has 3 rings (SSSR count). The molecule has 1 aromatic heterocycles. The maximum Gasteiger partial charge on any atom is 0.325 e. The summed E-state index contributed by atoms with van der Waals surface area (Å²) in [5.41, 5.74) is 3.36. The summed E-state index contributed by atoms with van der Waals surface area (Å²) in [5.74, 6) is 0.281. The summed E-state index contributed by atoms with van der Waals surface area (Å²) in [6, 6.07) is 15.1. The van der Waals surface area contributed by atoms with Gasteiger partial charge in [0.2, 0.25) is 0 Å². The molecule has 26 heavy (non-hydrogen) atoms. The van der Waals surface area contributed by atoms with Gasteiger partial charge in [0.05, 0.1) is 18.1 Å². The number of nitrogens with zero attached hydrogens (tertiary/aromatic N) is 2. The van der Waals surface area contributed by atoms with Gasteiger partial charge in [0.1, 0.15) is 12.4 Å². The number of ether oxygens (including phenoxy) is 1. The minimum Gasteiger partial charge on any atom is -0.468 e. The van der Waals surface area contributed by atoms with Crippen LogP contribution in [0.5, 0.6) is 0 Å². The fourth-order valence-electron chi connectivity index (χ4n) is 2.86. The molecule has 6 heteroatoms. The number of benzene rings is 2. The van der Waals surface area contributed by atoms with E-state index in [0.717, 1.165) is 22.4 Å². The molecule has 0 saturated carbocycles. The van der Waals surface area contributed by atoms with Crippen LogP contribution in [0.3, 0.4) is 0 Å². The van der Waals surface area contributed by atoms with Crippen molar-refractivity contribution in [2.75, 3.05) is 13.7 Å². The van der Waals surface area contributed by atoms with Gasteiger partial charge >= 0.3 is 5.97 Å². The molecule has 2 aromatic carbocycles. The Morgan fingerprint density at radius 2 is 1.96 bits per heavy atom. The molecule has 0 fully saturated rings. The van der Waals surface area contributed by atoms with E-state index in [-0.39, 0.29) is 18.4 Å². The Labute approximate surface area is 151 Å². The second kappa shape index (κ2) is 7.82. The number of hydrogen-bond donors (Lipinski definition) is 1. The molecule has 0 saturated heterocycles. The van der Waals surface area contributed by atoms with Crippen molar-refractivity contribution in [1.82, 2.24) is 14.9 Å². The van der Waals surface area contributed by atoms with E-state index in [4.69, 9.17) is 4.74 Å². The number of para-hydroxylation sites is 2. The van der Waals surface area contributed by atoms with Gasteiger partial charge in [0.25, 0.3) is 5.91 Å². The molecule has 0 aliphatic rings. The third kappa shape index (κ3) is 3.91. The molecule has 1 amide bonds. The number of fused-ring (bicyclic) bond motifs is 1. The first-order valence-electron chi connectivity index (χ1n) is 8.44. The zero-order valence-electron chi connectivity index (χ0n) is 14.9. The standard InChI is InChI=1S/C20H21N3O3/c1-14-6-5-7-15(12-14)20(25)21-11-10-18-22-16-8-3-4-9-17(16)23(18)13-19(24)26-2/h3-9,12H,10-11,13H2,1-2H3,(H,21,25). The van der Waals surface area contributed by atoms with Gasteiger partial charge in [-0.1, -0.05) is 29.8 Å². The number of aromatic nitrogens is 2. The molecule has 0 unspecified atom stereocenters. The SMILES string of the molecule is COC(=O)Cn1c(CCNC(=O)c2cccc(C)c2)nc2ccccc21. The fourth-order valence-corrected chi connectivity index (χ4v) is 2.86. The Morgan fingerprint density at radius 1 is 1.15 bits per heavy atom. The van der Waals surface area contributed by atoms with Crippen molar-refractivity contribution < 1.29 is 14.3 Å². The quantitative estimate of drug-likeness (QED) is 0.693. The van der Waals surface area contributed by atoms with E-state index in [2.05, 4.69) is 10.3 Å². The van der Waals surface area contributed by atoms with E-state index < -0.39 is 0 Å². The van der Waals surface area contributed by atoms with E-state index in [1.165, 1.54) is 7.11 Å². The van der Waals surface area contributed by atoms with Crippen LogP contribution in [-0.2, 0) is 22.5 Å². The Hall–Kier alpha value is -3.15. The van der Waals surface area contributed by atoms with Gasteiger partial charge in [0.15, 0.2) is 0 Å². The Balaban J connectivity index is 1.73. The zero-order chi connectivity index (χ0) is 18.5. The number of aryl methyl sites for hydroxylation is 1. The van der Waals surface area contributed by atoms with Gasteiger partial charge in [0, 0.05) is 18.5 Å². The average Bonchev–Trinajstić information content (AvgIpc) is 2.99. The van der Waals surface area contributed by atoms with E-state index in [1.807, 2.05) is 54.0 Å². The van der Waals surface area contributed by atoms with Gasteiger partial charge in [-0.05, 0) is 31.2 Å². The molecule has 6 nitrogen and oxygen atoms in total. The maximum atomic E-state index is 12.3. The molecule has 1 heterocycles. The van der Waals surface area contributed by atoms with Gasteiger partial charge in [-0.2, -0.15) is 0 Å². The molecular formula is C20H21N3O3. The molecule has 0 spiro atoms. The number of hydrogen-bond acceptors (Lipinski definition) is 4. The van der Waals surface area contributed by atoms with Crippen molar-refractivity contribution in [3.8, 4) is 0 Å². The third-order valence-corrected chi connectivity index (χ3v) is 4.16. The summed E-state index contributed by atoms with van der Waals surface area (Å²) in [5, 5.41) is 2.91. The third-order valence-electron chi connectivity index (χ3n) is 4.16. The molecule has 0 radical (unpaired) electrons. The number of carbonyl (C=O) groups excluding carboxylic acids is 2. The molecule has 0 aliphatic heterocycles. The van der Waals surface area contributed by atoms with Gasteiger partial charge < -0.3 is 14.6 Å². The summed E-state index contributed by atoms with van der Waals surface area (Å²) in [6.07, 6.45) is 0.517. The van der Waals surface area contributed by atoms with Crippen LogP contribution < -0.4 is 5.32 Å². The van der Waals surface area contributed by atoms with Crippen LogP contribution in [0.1, 0.15) is 21.7 Å². The highest BCUT2D eigenvalue weighted by Gasteiger charge is 2.14. The summed E-state index contributed by atoms with van der Waals surface area (Å²) >= 11 is 0. The molecule has 3 aromatic rings. The summed E-state index contributed by atoms with van der Waals surface area (Å²) in [7, 11) is 1.36. The second-order valence-corrected chi connectivity index (χ2v) is 6.05. The van der Waals surface area contributed by atoms with Crippen molar-refractivity contribution in [2.45, 2.75) is 19.9 Å². The summed E-state index contributed by atoms with van der Waals surface area (Å²) in [6.45, 7) is 2.47. The average molecular weight is 351 g/mol. The van der Waals surface area contributed by atoms with Crippen molar-refractivity contribution in [3.05, 3.63) is 65.5 Å². The Bertz CT molecular complexity index is 946. The van der Waals surface area contributed by atoms with E-state index in [9.17, 15) is 9.59 Å². The Kier molecular flexibility index (Phi) is 5.31. The minimum atomic E-state index is -0.335.